The molecule has 0 radical (unpaired) electrons. The SMILES string of the molecule is CCCn1c(C(=O)O)cc2c(N3CCCC3)ncnc21. The Morgan fingerprint density at radius 3 is 2.75 bits per heavy atom. The van der Waals surface area contributed by atoms with Gasteiger partial charge in [0, 0.05) is 19.6 Å². The van der Waals surface area contributed by atoms with Crippen LogP contribution in [0.15, 0.2) is 12.4 Å². The van der Waals surface area contributed by atoms with Crippen LogP contribution in [-0.2, 0) is 6.54 Å². The quantitative estimate of drug-likeness (QED) is 0.924. The number of hydrogen-bond donors (Lipinski definition) is 1. The van der Waals surface area contributed by atoms with Gasteiger partial charge in [0.2, 0.25) is 0 Å². The molecular formula is C14H18N4O2. The lowest BCUT2D eigenvalue weighted by Crippen LogP contribution is -2.19. The number of aryl methyl sites for hydroxylation is 1. The second-order valence-electron chi connectivity index (χ2n) is 5.12. The van der Waals surface area contributed by atoms with Crippen molar-refractivity contribution >= 4 is 22.8 Å². The number of aromatic carboxylic acids is 1. The third kappa shape index (κ3) is 2.01. The molecule has 1 N–H and O–H groups in total. The highest BCUT2D eigenvalue weighted by molar-refractivity contribution is 5.97. The topological polar surface area (TPSA) is 71.2 Å². The van der Waals surface area contributed by atoms with E-state index in [2.05, 4.69) is 14.9 Å². The summed E-state index contributed by atoms with van der Waals surface area (Å²) >= 11 is 0. The Labute approximate surface area is 117 Å². The maximum absolute atomic E-state index is 11.4. The molecule has 0 unspecified atom stereocenters. The first-order chi connectivity index (χ1) is 9.72. The summed E-state index contributed by atoms with van der Waals surface area (Å²) < 4.78 is 1.78. The lowest BCUT2D eigenvalue weighted by atomic mass is 10.3. The van der Waals surface area contributed by atoms with Crippen LogP contribution in [0.25, 0.3) is 11.0 Å². The molecule has 3 heterocycles. The summed E-state index contributed by atoms with van der Waals surface area (Å²) in [4.78, 5) is 22.3. The Morgan fingerprint density at radius 2 is 2.10 bits per heavy atom. The van der Waals surface area contributed by atoms with Crippen molar-refractivity contribution in [3.8, 4) is 0 Å². The molecule has 0 amide bonds. The number of nitrogens with zero attached hydrogens (tertiary/aromatic N) is 4. The molecule has 1 fully saturated rings. The van der Waals surface area contributed by atoms with E-state index in [1.165, 1.54) is 6.33 Å². The van der Waals surface area contributed by atoms with Crippen LogP contribution in [0, 0.1) is 0 Å². The van der Waals surface area contributed by atoms with E-state index in [0.29, 0.717) is 12.2 Å². The fraction of sp³-hybridized carbons (Fsp3) is 0.500. The van der Waals surface area contributed by atoms with Crippen LogP contribution in [0.2, 0.25) is 0 Å². The molecule has 2 aromatic heterocycles. The van der Waals surface area contributed by atoms with E-state index in [4.69, 9.17) is 0 Å². The molecule has 0 spiro atoms. The maximum Gasteiger partial charge on any atom is 0.352 e. The molecule has 0 aliphatic carbocycles. The van der Waals surface area contributed by atoms with Crippen LogP contribution < -0.4 is 4.90 Å². The number of anilines is 1. The summed E-state index contributed by atoms with van der Waals surface area (Å²) in [6.07, 6.45) is 4.72. The molecular weight excluding hydrogens is 256 g/mol. The predicted octanol–water partition coefficient (Wildman–Crippen LogP) is 2.14. The number of rotatable bonds is 4. The van der Waals surface area contributed by atoms with Crippen molar-refractivity contribution < 1.29 is 9.90 Å². The summed E-state index contributed by atoms with van der Waals surface area (Å²) in [5, 5.41) is 10.2. The lowest BCUT2D eigenvalue weighted by Gasteiger charge is -2.16. The van der Waals surface area contributed by atoms with E-state index in [1.807, 2.05) is 6.92 Å². The average molecular weight is 274 g/mol. The summed E-state index contributed by atoms with van der Waals surface area (Å²) in [5.74, 6) is -0.0475. The van der Waals surface area contributed by atoms with E-state index in [0.717, 1.165) is 49.2 Å². The zero-order valence-electron chi connectivity index (χ0n) is 11.5. The zero-order valence-corrected chi connectivity index (χ0v) is 11.5. The van der Waals surface area contributed by atoms with Crippen molar-refractivity contribution in [2.24, 2.45) is 0 Å². The van der Waals surface area contributed by atoms with Gasteiger partial charge < -0.3 is 14.6 Å². The highest BCUT2D eigenvalue weighted by Gasteiger charge is 2.22. The first-order valence-electron chi connectivity index (χ1n) is 7.05. The lowest BCUT2D eigenvalue weighted by molar-refractivity contribution is 0.0685. The van der Waals surface area contributed by atoms with Crippen molar-refractivity contribution in [2.75, 3.05) is 18.0 Å². The fourth-order valence-electron chi connectivity index (χ4n) is 2.86. The van der Waals surface area contributed by atoms with Crippen LogP contribution in [0.5, 0.6) is 0 Å². The Bertz CT molecular complexity index is 644. The largest absolute Gasteiger partial charge is 0.477 e. The number of carboxylic acid groups (broad SMARTS) is 1. The van der Waals surface area contributed by atoms with Crippen molar-refractivity contribution in [1.29, 1.82) is 0 Å². The molecule has 0 aromatic carbocycles. The molecule has 1 aliphatic rings. The molecule has 6 nitrogen and oxygen atoms in total. The number of carbonyl (C=O) groups is 1. The third-order valence-electron chi connectivity index (χ3n) is 3.74. The standard InChI is InChI=1S/C14H18N4O2/c1-2-5-18-11(14(19)20)8-10-12(15-9-16-13(10)18)17-6-3-4-7-17/h8-9H,2-7H2,1H3,(H,19,20). The molecule has 0 atom stereocenters. The average Bonchev–Trinajstić information content (AvgIpc) is 3.06. The van der Waals surface area contributed by atoms with E-state index in [1.54, 1.807) is 10.6 Å². The Kier molecular flexibility index (Phi) is 3.30. The van der Waals surface area contributed by atoms with Crippen LogP contribution >= 0.6 is 0 Å². The molecule has 3 rings (SSSR count). The van der Waals surface area contributed by atoms with Gasteiger partial charge in [0.1, 0.15) is 23.5 Å². The second-order valence-corrected chi connectivity index (χ2v) is 5.12. The summed E-state index contributed by atoms with van der Waals surface area (Å²) in [6, 6.07) is 1.71. The van der Waals surface area contributed by atoms with Crippen LogP contribution in [0.1, 0.15) is 36.7 Å². The van der Waals surface area contributed by atoms with Gasteiger partial charge in [0.25, 0.3) is 0 Å². The highest BCUT2D eigenvalue weighted by Crippen LogP contribution is 2.28. The smallest absolute Gasteiger partial charge is 0.352 e. The van der Waals surface area contributed by atoms with Crippen LogP contribution in [0.4, 0.5) is 5.82 Å². The molecule has 1 aliphatic heterocycles. The minimum atomic E-state index is -0.913. The second kappa shape index (κ2) is 5.11. The van der Waals surface area contributed by atoms with Crippen molar-refractivity contribution in [1.82, 2.24) is 14.5 Å². The molecule has 0 saturated carbocycles. The van der Waals surface area contributed by atoms with Gasteiger partial charge in [0.15, 0.2) is 0 Å². The molecule has 2 aromatic rings. The van der Waals surface area contributed by atoms with Gasteiger partial charge in [-0.05, 0) is 25.3 Å². The number of hydrogen-bond acceptors (Lipinski definition) is 4. The van der Waals surface area contributed by atoms with Crippen molar-refractivity contribution in [3.63, 3.8) is 0 Å². The Balaban J connectivity index is 2.19. The number of fused-ring (bicyclic) bond motifs is 1. The summed E-state index contributed by atoms with van der Waals surface area (Å²) in [7, 11) is 0. The predicted molar refractivity (Wildman–Crippen MR) is 76.2 cm³/mol. The highest BCUT2D eigenvalue weighted by atomic mass is 16.4. The van der Waals surface area contributed by atoms with Gasteiger partial charge in [-0.2, -0.15) is 0 Å². The molecule has 1 saturated heterocycles. The van der Waals surface area contributed by atoms with E-state index in [-0.39, 0.29) is 0 Å². The minimum Gasteiger partial charge on any atom is -0.477 e. The van der Waals surface area contributed by atoms with E-state index >= 15 is 0 Å². The number of carboxylic acids is 1. The first kappa shape index (κ1) is 12.9. The van der Waals surface area contributed by atoms with Crippen LogP contribution in [0.3, 0.4) is 0 Å². The van der Waals surface area contributed by atoms with Crippen LogP contribution in [-0.4, -0.2) is 38.7 Å². The Hall–Kier alpha value is -2.11. The maximum atomic E-state index is 11.4. The monoisotopic (exact) mass is 274 g/mol. The van der Waals surface area contributed by atoms with E-state index < -0.39 is 5.97 Å². The van der Waals surface area contributed by atoms with Crippen molar-refractivity contribution in [3.05, 3.63) is 18.1 Å². The van der Waals surface area contributed by atoms with Gasteiger partial charge in [-0.3, -0.25) is 0 Å². The van der Waals surface area contributed by atoms with Gasteiger partial charge >= 0.3 is 5.97 Å². The van der Waals surface area contributed by atoms with Gasteiger partial charge in [-0.1, -0.05) is 6.92 Å². The first-order valence-corrected chi connectivity index (χ1v) is 7.05. The normalized spacial score (nSPS) is 15.2. The fourth-order valence-corrected chi connectivity index (χ4v) is 2.86. The molecule has 106 valence electrons. The number of aromatic nitrogens is 3. The van der Waals surface area contributed by atoms with Crippen molar-refractivity contribution in [2.45, 2.75) is 32.7 Å². The molecule has 20 heavy (non-hydrogen) atoms. The molecule has 0 bridgehead atoms. The van der Waals surface area contributed by atoms with Gasteiger partial charge in [0.05, 0.1) is 5.39 Å². The molecule has 6 heteroatoms. The Morgan fingerprint density at radius 1 is 1.35 bits per heavy atom. The minimum absolute atomic E-state index is 0.294. The van der Waals surface area contributed by atoms with Gasteiger partial charge in [-0.25, -0.2) is 14.8 Å². The third-order valence-corrected chi connectivity index (χ3v) is 3.74. The van der Waals surface area contributed by atoms with Gasteiger partial charge in [-0.15, -0.1) is 0 Å². The zero-order chi connectivity index (χ0) is 14.1. The summed E-state index contributed by atoms with van der Waals surface area (Å²) in [5.41, 5.74) is 1.02. The van der Waals surface area contributed by atoms with E-state index in [9.17, 15) is 9.90 Å². The summed E-state index contributed by atoms with van der Waals surface area (Å²) in [6.45, 7) is 4.64.